The third-order valence-electron chi connectivity index (χ3n) is 3.04. The third kappa shape index (κ3) is 4.37. The van der Waals surface area contributed by atoms with Gasteiger partial charge in [-0.2, -0.15) is 5.10 Å². The maximum atomic E-state index is 12.0. The van der Waals surface area contributed by atoms with Crippen LogP contribution in [0, 0.1) is 10.1 Å². The van der Waals surface area contributed by atoms with Gasteiger partial charge in [0.15, 0.2) is 0 Å². The number of non-ortho nitro benzene ring substituents is 1. The van der Waals surface area contributed by atoms with Crippen LogP contribution in [-0.2, 0) is 0 Å². The summed E-state index contributed by atoms with van der Waals surface area (Å²) in [5.74, 6) is -1.44. The molecule has 10 heteroatoms. The van der Waals surface area contributed by atoms with Crippen molar-refractivity contribution in [3.05, 3.63) is 61.6 Å². The van der Waals surface area contributed by atoms with Crippen LogP contribution in [0.25, 0.3) is 0 Å². The summed E-state index contributed by atoms with van der Waals surface area (Å²) in [5.41, 5.74) is 1.84. The predicted octanol–water partition coefficient (Wildman–Crippen LogP) is 2.75. The van der Waals surface area contributed by atoms with Crippen molar-refractivity contribution in [3.8, 4) is 11.5 Å². The number of rotatable bonds is 5. The molecule has 0 heterocycles. The first kappa shape index (κ1) is 18.5. The highest BCUT2D eigenvalue weighted by atomic mass is 35.5. The fraction of sp³-hybridized carbons (Fsp3) is 0.0667. The normalized spacial score (nSPS) is 10.7. The lowest BCUT2D eigenvalue weighted by molar-refractivity contribution is -0.385. The van der Waals surface area contributed by atoms with E-state index in [1.165, 1.54) is 25.3 Å². The minimum atomic E-state index is -0.675. The summed E-state index contributed by atoms with van der Waals surface area (Å²) in [6.45, 7) is 0. The number of carbonyl (C=O) groups excluding carboxylic acids is 1. The first-order chi connectivity index (χ1) is 11.8. The Bertz CT molecular complexity index is 870. The average molecular weight is 383 g/mol. The molecule has 1 amide bonds. The van der Waals surface area contributed by atoms with Gasteiger partial charge in [0.25, 0.3) is 11.6 Å². The number of amides is 1. The van der Waals surface area contributed by atoms with Gasteiger partial charge in [-0.25, -0.2) is 5.43 Å². The molecular formula is C15H10Cl2N3O5-. The van der Waals surface area contributed by atoms with E-state index in [-0.39, 0.29) is 27.6 Å². The van der Waals surface area contributed by atoms with Crippen LogP contribution in [0.1, 0.15) is 15.9 Å². The lowest BCUT2D eigenvalue weighted by Crippen LogP contribution is -2.18. The Balaban J connectivity index is 2.23. The predicted molar refractivity (Wildman–Crippen MR) is 90.6 cm³/mol. The van der Waals surface area contributed by atoms with Crippen LogP contribution < -0.4 is 15.3 Å². The fourth-order valence-electron chi connectivity index (χ4n) is 1.86. The summed E-state index contributed by atoms with van der Waals surface area (Å²) in [5, 5.41) is 27.0. The SMILES string of the molecule is COc1cc([N+](=O)[O-])cc(/C=N\NC(=O)c2ccc(Cl)cc2Cl)c1[O-]. The zero-order valence-corrected chi connectivity index (χ0v) is 14.2. The van der Waals surface area contributed by atoms with Crippen molar-refractivity contribution in [3.63, 3.8) is 0 Å². The number of hydrogen-bond acceptors (Lipinski definition) is 6. The molecule has 2 rings (SSSR count). The van der Waals surface area contributed by atoms with Crippen molar-refractivity contribution in [2.24, 2.45) is 5.10 Å². The number of ether oxygens (including phenoxy) is 1. The van der Waals surface area contributed by atoms with Crippen molar-refractivity contribution in [2.75, 3.05) is 7.11 Å². The Labute approximate surface area is 151 Å². The second-order valence-electron chi connectivity index (χ2n) is 4.65. The molecule has 0 saturated carbocycles. The molecule has 0 aliphatic rings. The molecule has 0 fully saturated rings. The second-order valence-corrected chi connectivity index (χ2v) is 5.49. The standard InChI is InChI=1S/C15H11Cl2N3O5/c1-25-13-6-10(20(23)24)4-8(14(13)21)7-18-19-15(22)11-3-2-9(16)5-12(11)17/h2-7,21H,1H3,(H,19,22)/p-1/b18-7-. The molecule has 25 heavy (non-hydrogen) atoms. The highest BCUT2D eigenvalue weighted by Gasteiger charge is 2.12. The molecule has 0 unspecified atom stereocenters. The van der Waals surface area contributed by atoms with Crippen LogP contribution in [0.2, 0.25) is 10.0 Å². The van der Waals surface area contributed by atoms with E-state index in [0.29, 0.717) is 5.02 Å². The van der Waals surface area contributed by atoms with Crippen molar-refractivity contribution in [2.45, 2.75) is 0 Å². The molecule has 2 aromatic carbocycles. The van der Waals surface area contributed by atoms with E-state index in [1.807, 2.05) is 0 Å². The summed E-state index contributed by atoms with van der Waals surface area (Å²) in [6, 6.07) is 6.31. The van der Waals surface area contributed by atoms with Gasteiger partial charge < -0.3 is 9.84 Å². The average Bonchev–Trinajstić information content (AvgIpc) is 2.55. The van der Waals surface area contributed by atoms with E-state index in [0.717, 1.165) is 18.3 Å². The van der Waals surface area contributed by atoms with Gasteiger partial charge in [0.05, 0.1) is 34.9 Å². The van der Waals surface area contributed by atoms with Crippen LogP contribution in [0.4, 0.5) is 5.69 Å². The molecule has 1 N–H and O–H groups in total. The molecule has 0 aliphatic carbocycles. The summed E-state index contributed by atoms with van der Waals surface area (Å²) in [6.07, 6.45) is 0.986. The van der Waals surface area contributed by atoms with Crippen molar-refractivity contribution in [1.29, 1.82) is 0 Å². The van der Waals surface area contributed by atoms with Crippen LogP contribution in [0.3, 0.4) is 0 Å². The van der Waals surface area contributed by atoms with Crippen molar-refractivity contribution in [1.82, 2.24) is 5.43 Å². The maximum absolute atomic E-state index is 12.0. The molecule has 2 aromatic rings. The molecule has 0 saturated heterocycles. The molecule has 130 valence electrons. The van der Waals surface area contributed by atoms with Crippen molar-refractivity contribution >= 4 is 41.0 Å². The smallest absolute Gasteiger partial charge is 0.273 e. The number of halogens is 2. The van der Waals surface area contributed by atoms with Gasteiger partial charge in [-0.05, 0) is 23.8 Å². The van der Waals surface area contributed by atoms with Gasteiger partial charge in [-0.15, -0.1) is 0 Å². The molecule has 0 aliphatic heterocycles. The monoisotopic (exact) mass is 382 g/mol. The van der Waals surface area contributed by atoms with Gasteiger partial charge in [0.1, 0.15) is 5.75 Å². The van der Waals surface area contributed by atoms with Crippen LogP contribution in [0.5, 0.6) is 11.5 Å². The number of carbonyl (C=O) groups is 1. The first-order valence-corrected chi connectivity index (χ1v) is 7.41. The molecule has 0 spiro atoms. The zero-order valence-electron chi connectivity index (χ0n) is 12.7. The van der Waals surface area contributed by atoms with Crippen LogP contribution >= 0.6 is 23.2 Å². The number of nitrogens with zero attached hydrogens (tertiary/aromatic N) is 2. The quantitative estimate of drug-likeness (QED) is 0.484. The molecule has 0 radical (unpaired) electrons. The summed E-state index contributed by atoms with van der Waals surface area (Å²) in [7, 11) is 1.21. The number of nitro groups is 1. The molecule has 0 aromatic heterocycles. The minimum absolute atomic E-state index is 0.117. The van der Waals surface area contributed by atoms with Gasteiger partial charge in [-0.1, -0.05) is 29.0 Å². The number of hydrogen-bond donors (Lipinski definition) is 1. The van der Waals surface area contributed by atoms with E-state index < -0.39 is 16.6 Å². The van der Waals surface area contributed by atoms with Gasteiger partial charge in [0.2, 0.25) is 0 Å². The number of nitrogens with one attached hydrogen (secondary N) is 1. The Hall–Kier alpha value is -2.84. The van der Waals surface area contributed by atoms with Crippen molar-refractivity contribution < 1.29 is 19.6 Å². The van der Waals surface area contributed by atoms with Crippen LogP contribution in [0.15, 0.2) is 35.4 Å². The second kappa shape index (κ2) is 7.82. The van der Waals surface area contributed by atoms with E-state index in [9.17, 15) is 20.0 Å². The van der Waals surface area contributed by atoms with E-state index >= 15 is 0 Å². The van der Waals surface area contributed by atoms with Crippen LogP contribution in [-0.4, -0.2) is 24.2 Å². The highest BCUT2D eigenvalue weighted by Crippen LogP contribution is 2.31. The zero-order chi connectivity index (χ0) is 18.6. The summed E-state index contributed by atoms with van der Waals surface area (Å²) < 4.78 is 4.80. The van der Waals surface area contributed by atoms with Gasteiger partial charge in [-0.3, -0.25) is 14.9 Å². The van der Waals surface area contributed by atoms with Gasteiger partial charge in [0, 0.05) is 11.1 Å². The first-order valence-electron chi connectivity index (χ1n) is 6.65. The maximum Gasteiger partial charge on any atom is 0.273 e. The number of hydrazone groups is 1. The topological polar surface area (TPSA) is 117 Å². The molecule has 0 bridgehead atoms. The fourth-order valence-corrected chi connectivity index (χ4v) is 2.35. The molecule has 8 nitrogen and oxygen atoms in total. The van der Waals surface area contributed by atoms with Gasteiger partial charge >= 0.3 is 0 Å². The summed E-state index contributed by atoms with van der Waals surface area (Å²) >= 11 is 11.6. The lowest BCUT2D eigenvalue weighted by atomic mass is 10.1. The number of methoxy groups -OCH3 is 1. The Morgan fingerprint density at radius 3 is 2.64 bits per heavy atom. The Morgan fingerprint density at radius 1 is 1.32 bits per heavy atom. The Morgan fingerprint density at radius 2 is 2.04 bits per heavy atom. The Kier molecular flexibility index (Phi) is 5.79. The molecule has 0 atom stereocenters. The minimum Gasteiger partial charge on any atom is -0.870 e. The van der Waals surface area contributed by atoms with E-state index in [1.54, 1.807) is 0 Å². The summed E-state index contributed by atoms with van der Waals surface area (Å²) in [4.78, 5) is 22.2. The number of benzene rings is 2. The largest absolute Gasteiger partial charge is 0.870 e. The van der Waals surface area contributed by atoms with E-state index in [2.05, 4.69) is 10.5 Å². The third-order valence-corrected chi connectivity index (χ3v) is 3.59. The molecular weight excluding hydrogens is 373 g/mol. The number of nitro benzene ring substituents is 1. The highest BCUT2D eigenvalue weighted by molar-refractivity contribution is 6.36. The van der Waals surface area contributed by atoms with E-state index in [4.69, 9.17) is 27.9 Å². The lowest BCUT2D eigenvalue weighted by Gasteiger charge is -2.14.